The van der Waals surface area contributed by atoms with Gasteiger partial charge in [0.1, 0.15) is 5.75 Å². The van der Waals surface area contributed by atoms with Crippen molar-refractivity contribution in [2.45, 2.75) is 6.92 Å². The van der Waals surface area contributed by atoms with Crippen molar-refractivity contribution in [3.63, 3.8) is 0 Å². The lowest BCUT2D eigenvalue weighted by Gasteiger charge is -2.12. The van der Waals surface area contributed by atoms with Gasteiger partial charge in [-0.1, -0.05) is 6.07 Å². The number of anilines is 1. The number of aryl methyl sites for hydroxylation is 1. The van der Waals surface area contributed by atoms with Crippen molar-refractivity contribution in [3.8, 4) is 5.75 Å². The molecule has 0 atom stereocenters. The van der Waals surface area contributed by atoms with Crippen molar-refractivity contribution < 1.29 is 5.11 Å². The van der Waals surface area contributed by atoms with Gasteiger partial charge in [0.2, 0.25) is 0 Å². The van der Waals surface area contributed by atoms with Gasteiger partial charge in [-0.25, -0.2) is 0 Å². The van der Waals surface area contributed by atoms with Gasteiger partial charge in [0.15, 0.2) is 0 Å². The fraction of sp³-hybridized carbons (Fsp3) is 0.333. The molecule has 0 heterocycles. The molecular formula is C9H13NO. The van der Waals surface area contributed by atoms with E-state index in [9.17, 15) is 5.11 Å². The maximum Gasteiger partial charge on any atom is 0.120 e. The Morgan fingerprint density at radius 1 is 1.27 bits per heavy atom. The van der Waals surface area contributed by atoms with Gasteiger partial charge in [-0.2, -0.15) is 0 Å². The second-order valence-electron chi connectivity index (χ2n) is 2.87. The molecule has 0 saturated carbocycles. The van der Waals surface area contributed by atoms with Crippen molar-refractivity contribution in [2.24, 2.45) is 0 Å². The SMILES string of the molecule is Cc1ccc(N(C)C)cc1O. The molecule has 2 nitrogen and oxygen atoms in total. The Kier molecular flexibility index (Phi) is 2.03. The maximum absolute atomic E-state index is 9.32. The summed E-state index contributed by atoms with van der Waals surface area (Å²) in [7, 11) is 3.90. The van der Waals surface area contributed by atoms with Crippen LogP contribution in [0.3, 0.4) is 0 Å². The molecule has 0 aliphatic rings. The zero-order valence-electron chi connectivity index (χ0n) is 7.13. The van der Waals surface area contributed by atoms with Crippen molar-refractivity contribution in [2.75, 3.05) is 19.0 Å². The fourth-order valence-corrected chi connectivity index (χ4v) is 0.876. The van der Waals surface area contributed by atoms with E-state index in [1.165, 1.54) is 0 Å². The normalized spacial score (nSPS) is 9.73. The first-order valence-corrected chi connectivity index (χ1v) is 3.58. The first-order chi connectivity index (χ1) is 5.11. The molecule has 0 saturated heterocycles. The van der Waals surface area contributed by atoms with E-state index < -0.39 is 0 Å². The van der Waals surface area contributed by atoms with Crippen LogP contribution >= 0.6 is 0 Å². The maximum atomic E-state index is 9.32. The van der Waals surface area contributed by atoms with Gasteiger partial charge in [-0.15, -0.1) is 0 Å². The molecule has 1 aromatic carbocycles. The molecule has 0 amide bonds. The highest BCUT2D eigenvalue weighted by atomic mass is 16.3. The lowest BCUT2D eigenvalue weighted by atomic mass is 10.2. The van der Waals surface area contributed by atoms with Crippen molar-refractivity contribution in [1.29, 1.82) is 0 Å². The number of aromatic hydroxyl groups is 1. The summed E-state index contributed by atoms with van der Waals surface area (Å²) in [4.78, 5) is 1.96. The molecule has 0 bridgehead atoms. The molecule has 2 heteroatoms. The number of nitrogens with zero attached hydrogens (tertiary/aromatic N) is 1. The molecular weight excluding hydrogens is 138 g/mol. The number of hydrogen-bond acceptors (Lipinski definition) is 2. The van der Waals surface area contributed by atoms with E-state index in [0.717, 1.165) is 11.3 Å². The Morgan fingerprint density at radius 2 is 1.91 bits per heavy atom. The van der Waals surface area contributed by atoms with E-state index in [1.807, 2.05) is 38.1 Å². The van der Waals surface area contributed by atoms with Gasteiger partial charge in [-0.05, 0) is 18.6 Å². The van der Waals surface area contributed by atoms with E-state index in [1.54, 1.807) is 6.07 Å². The smallest absolute Gasteiger partial charge is 0.120 e. The summed E-state index contributed by atoms with van der Waals surface area (Å²) >= 11 is 0. The Balaban J connectivity index is 3.05. The Morgan fingerprint density at radius 3 is 2.36 bits per heavy atom. The van der Waals surface area contributed by atoms with Crippen LogP contribution in [-0.4, -0.2) is 19.2 Å². The fourth-order valence-electron chi connectivity index (χ4n) is 0.876. The molecule has 0 aliphatic carbocycles. The van der Waals surface area contributed by atoms with Gasteiger partial charge in [-0.3, -0.25) is 0 Å². The molecule has 1 aromatic rings. The number of phenols is 1. The van der Waals surface area contributed by atoms with Gasteiger partial charge >= 0.3 is 0 Å². The highest BCUT2D eigenvalue weighted by Crippen LogP contribution is 2.21. The zero-order valence-corrected chi connectivity index (χ0v) is 7.13. The third-order valence-electron chi connectivity index (χ3n) is 1.71. The molecule has 1 N–H and O–H groups in total. The molecule has 0 fully saturated rings. The molecule has 0 unspecified atom stereocenters. The van der Waals surface area contributed by atoms with Crippen LogP contribution in [0.2, 0.25) is 0 Å². The standard InChI is InChI=1S/C9H13NO/c1-7-4-5-8(10(2)3)6-9(7)11/h4-6,11H,1-3H3. The predicted octanol–water partition coefficient (Wildman–Crippen LogP) is 1.77. The van der Waals surface area contributed by atoms with Crippen molar-refractivity contribution in [1.82, 2.24) is 0 Å². The molecule has 0 radical (unpaired) electrons. The minimum absolute atomic E-state index is 0.358. The summed E-state index contributed by atoms with van der Waals surface area (Å²) in [6.07, 6.45) is 0. The van der Waals surface area contributed by atoms with E-state index in [0.29, 0.717) is 5.75 Å². The minimum Gasteiger partial charge on any atom is -0.508 e. The summed E-state index contributed by atoms with van der Waals surface area (Å²) in [6, 6.07) is 5.65. The summed E-state index contributed by atoms with van der Waals surface area (Å²) in [5.41, 5.74) is 1.93. The summed E-state index contributed by atoms with van der Waals surface area (Å²) in [6.45, 7) is 1.88. The predicted molar refractivity (Wildman–Crippen MR) is 47.2 cm³/mol. The zero-order chi connectivity index (χ0) is 8.43. The second-order valence-corrected chi connectivity index (χ2v) is 2.87. The van der Waals surface area contributed by atoms with Crippen LogP contribution in [0.4, 0.5) is 5.69 Å². The van der Waals surface area contributed by atoms with Crippen LogP contribution in [0.25, 0.3) is 0 Å². The number of hydrogen-bond donors (Lipinski definition) is 1. The molecule has 1 rings (SSSR count). The van der Waals surface area contributed by atoms with E-state index in [2.05, 4.69) is 0 Å². The van der Waals surface area contributed by atoms with E-state index >= 15 is 0 Å². The molecule has 60 valence electrons. The van der Waals surface area contributed by atoms with Crippen LogP contribution in [0.5, 0.6) is 5.75 Å². The Bertz CT molecular complexity index is 256. The highest BCUT2D eigenvalue weighted by Gasteiger charge is 1.98. The Labute approximate surface area is 67.1 Å². The first-order valence-electron chi connectivity index (χ1n) is 3.58. The number of benzene rings is 1. The van der Waals surface area contributed by atoms with Crippen LogP contribution in [0.1, 0.15) is 5.56 Å². The van der Waals surface area contributed by atoms with E-state index in [4.69, 9.17) is 0 Å². The second kappa shape index (κ2) is 2.82. The lowest BCUT2D eigenvalue weighted by Crippen LogP contribution is -2.08. The quantitative estimate of drug-likeness (QED) is 0.661. The number of rotatable bonds is 1. The molecule has 0 aliphatic heterocycles. The van der Waals surface area contributed by atoms with Gasteiger partial charge in [0.25, 0.3) is 0 Å². The van der Waals surface area contributed by atoms with Crippen molar-refractivity contribution in [3.05, 3.63) is 23.8 Å². The topological polar surface area (TPSA) is 23.5 Å². The van der Waals surface area contributed by atoms with Crippen LogP contribution in [0.15, 0.2) is 18.2 Å². The van der Waals surface area contributed by atoms with Crippen molar-refractivity contribution >= 4 is 5.69 Å². The number of phenolic OH excluding ortho intramolecular Hbond substituents is 1. The minimum atomic E-state index is 0.358. The van der Waals surface area contributed by atoms with Gasteiger partial charge < -0.3 is 10.0 Å². The molecule has 0 aromatic heterocycles. The highest BCUT2D eigenvalue weighted by molar-refractivity contribution is 5.51. The van der Waals surface area contributed by atoms with Crippen LogP contribution < -0.4 is 4.90 Å². The van der Waals surface area contributed by atoms with Gasteiger partial charge in [0, 0.05) is 25.8 Å². The average molecular weight is 151 g/mol. The van der Waals surface area contributed by atoms with Gasteiger partial charge in [0.05, 0.1) is 0 Å². The van der Waals surface area contributed by atoms with Crippen LogP contribution in [-0.2, 0) is 0 Å². The third-order valence-corrected chi connectivity index (χ3v) is 1.71. The van der Waals surface area contributed by atoms with Crippen LogP contribution in [0, 0.1) is 6.92 Å². The summed E-state index contributed by atoms with van der Waals surface area (Å²) in [5, 5.41) is 9.32. The third kappa shape index (κ3) is 1.64. The molecule has 0 spiro atoms. The Hall–Kier alpha value is -1.18. The first kappa shape index (κ1) is 7.92. The largest absolute Gasteiger partial charge is 0.508 e. The average Bonchev–Trinajstić information content (AvgIpc) is 1.94. The van der Waals surface area contributed by atoms with E-state index in [-0.39, 0.29) is 0 Å². The molecule has 11 heavy (non-hydrogen) atoms. The summed E-state index contributed by atoms with van der Waals surface area (Å²) < 4.78 is 0. The lowest BCUT2D eigenvalue weighted by molar-refractivity contribution is 0.471. The monoisotopic (exact) mass is 151 g/mol. The summed E-state index contributed by atoms with van der Waals surface area (Å²) in [5.74, 6) is 0.358.